The van der Waals surface area contributed by atoms with E-state index in [1.807, 2.05) is 24.3 Å². The van der Waals surface area contributed by atoms with Crippen LogP contribution >= 0.6 is 11.6 Å². The van der Waals surface area contributed by atoms with Gasteiger partial charge in [-0.15, -0.1) is 0 Å². The number of rotatable bonds is 4. The van der Waals surface area contributed by atoms with Crippen LogP contribution in [0.3, 0.4) is 0 Å². The number of fused-ring (bicyclic) bond motifs is 1. The molecule has 0 fully saturated rings. The molecule has 0 aliphatic rings. The van der Waals surface area contributed by atoms with Crippen LogP contribution in [0.4, 0.5) is 0 Å². The summed E-state index contributed by atoms with van der Waals surface area (Å²) in [6.45, 7) is 0. The molecule has 0 amide bonds. The fraction of sp³-hybridized carbons (Fsp3) is 0. The van der Waals surface area contributed by atoms with Gasteiger partial charge in [-0.05, 0) is 35.7 Å². The largest absolute Gasteiger partial charge is 0.507 e. The highest BCUT2D eigenvalue weighted by molar-refractivity contribution is 7.89. The van der Waals surface area contributed by atoms with Crippen LogP contribution in [0.5, 0.6) is 5.75 Å². The predicted molar refractivity (Wildman–Crippen MR) is 95.0 cm³/mol. The SMILES string of the molecule is O=S(=O)(N/N=C/c1ccc2ccccc2c1O)c1ccc(Cl)cc1. The minimum atomic E-state index is -3.79. The Morgan fingerprint density at radius 1 is 1.00 bits per heavy atom. The molecule has 0 radical (unpaired) electrons. The molecule has 0 saturated heterocycles. The smallest absolute Gasteiger partial charge is 0.276 e. The Morgan fingerprint density at radius 2 is 1.71 bits per heavy atom. The lowest BCUT2D eigenvalue weighted by Gasteiger charge is -2.05. The topological polar surface area (TPSA) is 78.8 Å². The minimum Gasteiger partial charge on any atom is -0.507 e. The van der Waals surface area contributed by atoms with Crippen LogP contribution in [0.1, 0.15) is 5.56 Å². The minimum absolute atomic E-state index is 0.0440. The molecule has 0 aliphatic carbocycles. The Bertz CT molecular complexity index is 1020. The summed E-state index contributed by atoms with van der Waals surface area (Å²) < 4.78 is 24.2. The molecule has 0 aromatic heterocycles. The van der Waals surface area contributed by atoms with Gasteiger partial charge in [-0.1, -0.05) is 41.9 Å². The Kier molecular flexibility index (Phi) is 4.42. The molecule has 0 aliphatic heterocycles. The van der Waals surface area contributed by atoms with Gasteiger partial charge >= 0.3 is 0 Å². The van der Waals surface area contributed by atoms with Crippen molar-refractivity contribution in [2.24, 2.45) is 5.10 Å². The van der Waals surface area contributed by atoms with Gasteiger partial charge in [0.05, 0.1) is 11.1 Å². The lowest BCUT2D eigenvalue weighted by Crippen LogP contribution is -2.18. The van der Waals surface area contributed by atoms with Gasteiger partial charge in [0.2, 0.25) is 0 Å². The molecule has 3 aromatic rings. The van der Waals surface area contributed by atoms with E-state index in [1.165, 1.54) is 30.5 Å². The summed E-state index contributed by atoms with van der Waals surface area (Å²) in [6, 6.07) is 16.5. The molecule has 0 spiro atoms. The Hall–Kier alpha value is -2.57. The maximum absolute atomic E-state index is 12.1. The van der Waals surface area contributed by atoms with Crippen molar-refractivity contribution in [2.45, 2.75) is 4.90 Å². The third kappa shape index (κ3) is 3.34. The summed E-state index contributed by atoms with van der Waals surface area (Å²) in [4.78, 5) is 2.15. The van der Waals surface area contributed by atoms with Gasteiger partial charge in [-0.25, -0.2) is 4.83 Å². The predicted octanol–water partition coefficient (Wildman–Crippen LogP) is 3.51. The van der Waals surface area contributed by atoms with E-state index in [0.29, 0.717) is 16.0 Å². The molecule has 3 rings (SSSR count). The van der Waals surface area contributed by atoms with Gasteiger partial charge in [0.1, 0.15) is 5.75 Å². The van der Waals surface area contributed by atoms with Crippen LogP contribution in [-0.4, -0.2) is 19.7 Å². The quantitative estimate of drug-likeness (QED) is 0.552. The molecule has 0 atom stereocenters. The average Bonchev–Trinajstić information content (AvgIpc) is 2.57. The number of nitrogens with zero attached hydrogens (tertiary/aromatic N) is 1. The van der Waals surface area contributed by atoms with E-state index in [0.717, 1.165) is 5.39 Å². The molecule has 122 valence electrons. The normalized spacial score (nSPS) is 11.9. The van der Waals surface area contributed by atoms with Crippen molar-refractivity contribution in [3.05, 3.63) is 71.2 Å². The number of phenolic OH excluding ortho intramolecular Hbond substituents is 1. The third-order valence-electron chi connectivity index (χ3n) is 3.43. The molecule has 7 heteroatoms. The first-order chi connectivity index (χ1) is 11.5. The van der Waals surface area contributed by atoms with Crippen molar-refractivity contribution in [1.82, 2.24) is 4.83 Å². The van der Waals surface area contributed by atoms with E-state index < -0.39 is 10.0 Å². The second-order valence-corrected chi connectivity index (χ2v) is 7.13. The summed E-state index contributed by atoms with van der Waals surface area (Å²) in [7, 11) is -3.79. The number of hydrazone groups is 1. The Labute approximate surface area is 144 Å². The summed E-state index contributed by atoms with van der Waals surface area (Å²) >= 11 is 5.74. The average molecular weight is 361 g/mol. The van der Waals surface area contributed by atoms with E-state index in [9.17, 15) is 13.5 Å². The number of nitrogens with one attached hydrogen (secondary N) is 1. The highest BCUT2D eigenvalue weighted by Crippen LogP contribution is 2.27. The van der Waals surface area contributed by atoms with E-state index in [4.69, 9.17) is 11.6 Å². The highest BCUT2D eigenvalue weighted by Gasteiger charge is 2.12. The molecular formula is C17H13ClN2O3S. The van der Waals surface area contributed by atoms with Crippen LogP contribution in [0.25, 0.3) is 10.8 Å². The number of halogens is 1. The maximum Gasteiger partial charge on any atom is 0.276 e. The van der Waals surface area contributed by atoms with Gasteiger partial charge in [0, 0.05) is 16.0 Å². The number of hydrogen-bond acceptors (Lipinski definition) is 4. The van der Waals surface area contributed by atoms with Crippen molar-refractivity contribution in [3.8, 4) is 5.75 Å². The summed E-state index contributed by atoms with van der Waals surface area (Å²) in [6.07, 6.45) is 1.26. The molecule has 5 nitrogen and oxygen atoms in total. The molecule has 24 heavy (non-hydrogen) atoms. The van der Waals surface area contributed by atoms with Crippen LogP contribution in [0.15, 0.2) is 70.7 Å². The van der Waals surface area contributed by atoms with Crippen molar-refractivity contribution < 1.29 is 13.5 Å². The molecule has 0 unspecified atom stereocenters. The molecule has 0 bridgehead atoms. The van der Waals surface area contributed by atoms with Gasteiger partial charge in [-0.3, -0.25) is 0 Å². The number of benzene rings is 3. The van der Waals surface area contributed by atoms with Gasteiger partial charge in [-0.2, -0.15) is 13.5 Å². The lowest BCUT2D eigenvalue weighted by atomic mass is 10.1. The second-order valence-electron chi connectivity index (χ2n) is 5.03. The summed E-state index contributed by atoms with van der Waals surface area (Å²) in [5.41, 5.74) is 0.410. The number of phenols is 1. The van der Waals surface area contributed by atoms with Crippen LogP contribution in [-0.2, 0) is 10.0 Å². The van der Waals surface area contributed by atoms with Crippen LogP contribution in [0, 0.1) is 0 Å². The first-order valence-corrected chi connectivity index (χ1v) is 8.85. The zero-order valence-electron chi connectivity index (χ0n) is 12.3. The zero-order chi connectivity index (χ0) is 17.2. The zero-order valence-corrected chi connectivity index (χ0v) is 13.9. The summed E-state index contributed by atoms with van der Waals surface area (Å²) in [5.74, 6) is 0.0440. The van der Waals surface area contributed by atoms with Crippen molar-refractivity contribution in [3.63, 3.8) is 0 Å². The second kappa shape index (κ2) is 6.51. The maximum atomic E-state index is 12.1. The van der Waals surface area contributed by atoms with Gasteiger partial charge < -0.3 is 5.11 Å². The van der Waals surface area contributed by atoms with Crippen LogP contribution < -0.4 is 4.83 Å². The van der Waals surface area contributed by atoms with E-state index in [1.54, 1.807) is 12.1 Å². The fourth-order valence-corrected chi connectivity index (χ4v) is 3.13. The van der Waals surface area contributed by atoms with E-state index in [-0.39, 0.29) is 10.6 Å². The number of aromatic hydroxyl groups is 1. The number of hydrogen-bond donors (Lipinski definition) is 2. The molecule has 0 saturated carbocycles. The molecule has 0 heterocycles. The lowest BCUT2D eigenvalue weighted by molar-refractivity contribution is 0.481. The van der Waals surface area contributed by atoms with E-state index >= 15 is 0 Å². The van der Waals surface area contributed by atoms with Crippen LogP contribution in [0.2, 0.25) is 5.02 Å². The molecular weight excluding hydrogens is 348 g/mol. The monoisotopic (exact) mass is 360 g/mol. The molecule has 3 aromatic carbocycles. The summed E-state index contributed by atoms with van der Waals surface area (Å²) in [5, 5.41) is 16.0. The van der Waals surface area contributed by atoms with Gasteiger partial charge in [0.15, 0.2) is 0 Å². The highest BCUT2D eigenvalue weighted by atomic mass is 35.5. The Morgan fingerprint density at radius 3 is 2.46 bits per heavy atom. The van der Waals surface area contributed by atoms with E-state index in [2.05, 4.69) is 9.93 Å². The van der Waals surface area contributed by atoms with Crippen molar-refractivity contribution >= 4 is 38.6 Å². The van der Waals surface area contributed by atoms with Crippen molar-refractivity contribution in [1.29, 1.82) is 0 Å². The first-order valence-electron chi connectivity index (χ1n) is 6.98. The fourth-order valence-electron chi connectivity index (χ4n) is 2.21. The third-order valence-corrected chi connectivity index (χ3v) is 4.92. The Balaban J connectivity index is 1.84. The van der Waals surface area contributed by atoms with Crippen molar-refractivity contribution in [2.75, 3.05) is 0 Å². The first kappa shape index (κ1) is 16.3. The van der Waals surface area contributed by atoms with Gasteiger partial charge in [0.25, 0.3) is 10.0 Å². The molecule has 2 N–H and O–H groups in total. The standard InChI is InChI=1S/C17H13ClN2O3S/c18-14-7-9-15(10-8-14)24(22,23)20-19-11-13-6-5-12-3-1-2-4-16(12)17(13)21/h1-11,20-21H/b19-11+. The number of sulfonamides is 1.